The summed E-state index contributed by atoms with van der Waals surface area (Å²) in [5.41, 5.74) is 2.19. The van der Waals surface area contributed by atoms with Crippen molar-refractivity contribution in [2.45, 2.75) is 19.8 Å². The van der Waals surface area contributed by atoms with Gasteiger partial charge in [0.2, 0.25) is 0 Å². The third kappa shape index (κ3) is 4.71. The van der Waals surface area contributed by atoms with Crippen LogP contribution >= 0.6 is 0 Å². The van der Waals surface area contributed by atoms with Crippen LogP contribution in [0.3, 0.4) is 0 Å². The van der Waals surface area contributed by atoms with E-state index in [1.165, 1.54) is 0 Å². The van der Waals surface area contributed by atoms with Gasteiger partial charge in [-0.1, -0.05) is 19.4 Å². The number of hydrogen-bond donors (Lipinski definition) is 1. The van der Waals surface area contributed by atoms with Crippen LogP contribution in [0.15, 0.2) is 42.6 Å². The molecular weight excluding hydrogens is 290 g/mol. The standard InChI is InChI=1S/C18H23N3O2/c1-4-5-11-21(2)18(22)17-10-9-15(13-19-17)20-14-7-6-8-16(12-14)23-3/h6-10,12-13,20H,4-5,11H2,1-3H3. The molecule has 0 radical (unpaired) electrons. The van der Waals surface area contributed by atoms with Crippen LogP contribution in [-0.2, 0) is 0 Å². The van der Waals surface area contributed by atoms with Gasteiger partial charge in [-0.2, -0.15) is 0 Å². The highest BCUT2D eigenvalue weighted by atomic mass is 16.5. The zero-order valence-electron chi connectivity index (χ0n) is 13.9. The Hall–Kier alpha value is -2.56. The molecule has 1 heterocycles. The number of hydrogen-bond acceptors (Lipinski definition) is 4. The number of anilines is 2. The van der Waals surface area contributed by atoms with Crippen molar-refractivity contribution < 1.29 is 9.53 Å². The minimum atomic E-state index is -0.0496. The van der Waals surface area contributed by atoms with E-state index < -0.39 is 0 Å². The molecule has 2 rings (SSSR count). The molecule has 0 aliphatic rings. The summed E-state index contributed by atoms with van der Waals surface area (Å²) in [6, 6.07) is 11.2. The van der Waals surface area contributed by atoms with Gasteiger partial charge in [0.05, 0.1) is 19.0 Å². The van der Waals surface area contributed by atoms with Crippen molar-refractivity contribution in [3.63, 3.8) is 0 Å². The van der Waals surface area contributed by atoms with Gasteiger partial charge >= 0.3 is 0 Å². The zero-order valence-corrected chi connectivity index (χ0v) is 13.9. The fraction of sp³-hybridized carbons (Fsp3) is 0.333. The maximum absolute atomic E-state index is 12.2. The first-order chi connectivity index (χ1) is 11.1. The van der Waals surface area contributed by atoms with E-state index in [4.69, 9.17) is 4.74 Å². The van der Waals surface area contributed by atoms with Crippen LogP contribution in [0.25, 0.3) is 0 Å². The molecule has 1 N–H and O–H groups in total. The summed E-state index contributed by atoms with van der Waals surface area (Å²) in [4.78, 5) is 18.2. The molecule has 0 unspecified atom stereocenters. The molecule has 0 saturated carbocycles. The number of aromatic nitrogens is 1. The summed E-state index contributed by atoms with van der Waals surface area (Å²) >= 11 is 0. The molecule has 1 aromatic carbocycles. The molecule has 0 fully saturated rings. The monoisotopic (exact) mass is 313 g/mol. The number of unbranched alkanes of at least 4 members (excludes halogenated alkanes) is 1. The Bertz CT molecular complexity index is 641. The average Bonchev–Trinajstić information content (AvgIpc) is 2.60. The van der Waals surface area contributed by atoms with Crippen LogP contribution in [-0.4, -0.2) is 36.5 Å². The maximum atomic E-state index is 12.2. The highest BCUT2D eigenvalue weighted by Gasteiger charge is 2.12. The van der Waals surface area contributed by atoms with E-state index in [-0.39, 0.29) is 5.91 Å². The summed E-state index contributed by atoms with van der Waals surface area (Å²) in [7, 11) is 3.44. The van der Waals surface area contributed by atoms with Crippen LogP contribution < -0.4 is 10.1 Å². The van der Waals surface area contributed by atoms with E-state index in [2.05, 4.69) is 17.2 Å². The number of carbonyl (C=O) groups excluding carboxylic acids is 1. The van der Waals surface area contributed by atoms with Gasteiger partial charge < -0.3 is 15.0 Å². The Balaban J connectivity index is 2.02. The molecule has 0 aliphatic carbocycles. The van der Waals surface area contributed by atoms with Gasteiger partial charge in [0.1, 0.15) is 11.4 Å². The molecule has 0 saturated heterocycles. The van der Waals surface area contributed by atoms with Crippen LogP contribution in [0, 0.1) is 0 Å². The Morgan fingerprint density at radius 2 is 2.09 bits per heavy atom. The summed E-state index contributed by atoms with van der Waals surface area (Å²) in [6.07, 6.45) is 3.73. The maximum Gasteiger partial charge on any atom is 0.272 e. The van der Waals surface area contributed by atoms with Crippen LogP contribution in [0.5, 0.6) is 5.75 Å². The molecule has 1 aromatic heterocycles. The minimum absolute atomic E-state index is 0.0496. The van der Waals surface area contributed by atoms with E-state index in [1.54, 1.807) is 24.3 Å². The quantitative estimate of drug-likeness (QED) is 0.846. The fourth-order valence-electron chi connectivity index (χ4n) is 2.15. The summed E-state index contributed by atoms with van der Waals surface area (Å²) in [5.74, 6) is 0.735. The predicted octanol–water partition coefficient (Wildman–Crippen LogP) is 3.71. The smallest absolute Gasteiger partial charge is 0.272 e. The van der Waals surface area contributed by atoms with Crippen molar-refractivity contribution in [2.75, 3.05) is 26.0 Å². The first-order valence-electron chi connectivity index (χ1n) is 7.76. The second kappa shape index (κ2) is 8.17. The molecule has 2 aromatic rings. The third-order valence-electron chi connectivity index (χ3n) is 3.53. The predicted molar refractivity (Wildman–Crippen MR) is 92.4 cm³/mol. The number of methoxy groups -OCH3 is 1. The normalized spacial score (nSPS) is 10.2. The second-order valence-corrected chi connectivity index (χ2v) is 5.37. The molecule has 5 heteroatoms. The number of pyridine rings is 1. The van der Waals surface area contributed by atoms with Gasteiger partial charge in [0.25, 0.3) is 5.91 Å². The first kappa shape index (κ1) is 16.8. The average molecular weight is 313 g/mol. The summed E-state index contributed by atoms with van der Waals surface area (Å²) < 4.78 is 5.20. The van der Waals surface area contributed by atoms with Gasteiger partial charge in [0.15, 0.2) is 0 Å². The van der Waals surface area contributed by atoms with Crippen molar-refractivity contribution in [3.05, 3.63) is 48.3 Å². The fourth-order valence-corrected chi connectivity index (χ4v) is 2.15. The summed E-state index contributed by atoms with van der Waals surface area (Å²) in [5, 5.41) is 3.24. The van der Waals surface area contributed by atoms with Gasteiger partial charge in [-0.3, -0.25) is 4.79 Å². The molecular formula is C18H23N3O2. The molecule has 0 bridgehead atoms. The molecule has 5 nitrogen and oxygen atoms in total. The van der Waals surface area contributed by atoms with Gasteiger partial charge in [-0.25, -0.2) is 4.98 Å². The molecule has 0 spiro atoms. The molecule has 23 heavy (non-hydrogen) atoms. The summed E-state index contributed by atoms with van der Waals surface area (Å²) in [6.45, 7) is 2.86. The zero-order chi connectivity index (χ0) is 16.7. The number of nitrogens with zero attached hydrogens (tertiary/aromatic N) is 2. The number of amides is 1. The Labute approximate surface area is 137 Å². The number of ether oxygens (including phenoxy) is 1. The lowest BCUT2D eigenvalue weighted by atomic mass is 10.2. The number of nitrogens with one attached hydrogen (secondary N) is 1. The Morgan fingerprint density at radius 1 is 1.26 bits per heavy atom. The number of carbonyl (C=O) groups is 1. The van der Waals surface area contributed by atoms with E-state index in [0.717, 1.165) is 36.5 Å². The van der Waals surface area contributed by atoms with Crippen molar-refractivity contribution >= 4 is 17.3 Å². The first-order valence-corrected chi connectivity index (χ1v) is 7.76. The number of benzene rings is 1. The lowest BCUT2D eigenvalue weighted by Crippen LogP contribution is -2.28. The highest BCUT2D eigenvalue weighted by Crippen LogP contribution is 2.21. The van der Waals surface area contributed by atoms with Gasteiger partial charge in [-0.15, -0.1) is 0 Å². The molecule has 1 amide bonds. The lowest BCUT2D eigenvalue weighted by Gasteiger charge is -2.16. The molecule has 122 valence electrons. The van der Waals surface area contributed by atoms with Gasteiger partial charge in [-0.05, 0) is 30.7 Å². The minimum Gasteiger partial charge on any atom is -0.497 e. The SMILES string of the molecule is CCCCN(C)C(=O)c1ccc(Nc2cccc(OC)c2)cn1. The second-order valence-electron chi connectivity index (χ2n) is 5.37. The third-order valence-corrected chi connectivity index (χ3v) is 3.53. The van der Waals surface area contributed by atoms with Crippen molar-refractivity contribution in [1.29, 1.82) is 0 Å². The van der Waals surface area contributed by atoms with E-state index >= 15 is 0 Å². The topological polar surface area (TPSA) is 54.5 Å². The van der Waals surface area contributed by atoms with E-state index in [9.17, 15) is 4.79 Å². The highest BCUT2D eigenvalue weighted by molar-refractivity contribution is 5.92. The number of rotatable bonds is 7. The van der Waals surface area contributed by atoms with Crippen LogP contribution in [0.1, 0.15) is 30.3 Å². The van der Waals surface area contributed by atoms with Gasteiger partial charge in [0, 0.05) is 25.3 Å². The van der Waals surface area contributed by atoms with Crippen molar-refractivity contribution in [1.82, 2.24) is 9.88 Å². The van der Waals surface area contributed by atoms with Crippen LogP contribution in [0.4, 0.5) is 11.4 Å². The van der Waals surface area contributed by atoms with Crippen molar-refractivity contribution in [2.24, 2.45) is 0 Å². The Kier molecular flexibility index (Phi) is 5.97. The molecule has 0 atom stereocenters. The van der Waals surface area contributed by atoms with Crippen molar-refractivity contribution in [3.8, 4) is 5.75 Å². The lowest BCUT2D eigenvalue weighted by molar-refractivity contribution is 0.0787. The Morgan fingerprint density at radius 3 is 2.74 bits per heavy atom. The largest absolute Gasteiger partial charge is 0.497 e. The van der Waals surface area contributed by atoms with E-state index in [1.807, 2.05) is 37.4 Å². The molecule has 0 aliphatic heterocycles. The van der Waals surface area contributed by atoms with Crippen LogP contribution in [0.2, 0.25) is 0 Å². The van der Waals surface area contributed by atoms with E-state index in [0.29, 0.717) is 5.69 Å².